The molecule has 18 heteroatoms. The molecule has 0 amide bonds. The Morgan fingerprint density at radius 1 is 0.452 bits per heavy atom. The first-order valence-corrected chi connectivity index (χ1v) is 14.4. The second-order valence-electron chi connectivity index (χ2n) is 8.71. The van der Waals surface area contributed by atoms with Gasteiger partial charge in [-0.2, -0.15) is 50.5 Å². The van der Waals surface area contributed by atoms with Gasteiger partial charge in [0.05, 0.1) is 60.6 Å². The third-order valence-corrected chi connectivity index (χ3v) is 5.83. The van der Waals surface area contributed by atoms with E-state index in [2.05, 4.69) is 50.5 Å². The minimum atomic E-state index is -0.877. The lowest BCUT2D eigenvalue weighted by Gasteiger charge is -2.24. The van der Waals surface area contributed by atoms with Gasteiger partial charge in [-0.05, 0) is 40.5 Å². The Morgan fingerprint density at radius 2 is 0.548 bits per heavy atom. The molecule has 4 atom stereocenters. The van der Waals surface area contributed by atoms with Gasteiger partial charge >= 0.3 is 23.9 Å². The van der Waals surface area contributed by atoms with Crippen molar-refractivity contribution in [1.29, 1.82) is 0 Å². The highest BCUT2D eigenvalue weighted by Crippen LogP contribution is 2.18. The van der Waals surface area contributed by atoms with E-state index in [0.29, 0.717) is 12.8 Å². The molecule has 0 aliphatic rings. The Balaban J connectivity index is -0.0000000936. The van der Waals surface area contributed by atoms with E-state index in [1.807, 2.05) is 13.8 Å². The third kappa shape index (κ3) is 37.1. The Hall–Kier alpha value is -0.960. The first kappa shape index (κ1) is 53.6. The van der Waals surface area contributed by atoms with Crippen molar-refractivity contribution < 1.29 is 70.2 Å². The Kier molecular flexibility index (Phi) is 42.0. The summed E-state index contributed by atoms with van der Waals surface area (Å²) in [4.78, 5) is 38.5. The molecule has 0 rings (SSSR count). The SMILES string of the molecule is CC(S)C(=O)O.CC(S)C(=O)O.CC(S)C(=O)O.CC(S)C(=O)O.CCC(CO)(CO)CO.CCC(CO)(CO)CO. The van der Waals surface area contributed by atoms with Gasteiger partial charge < -0.3 is 51.1 Å². The molecule has 256 valence electrons. The van der Waals surface area contributed by atoms with Crippen molar-refractivity contribution in [2.45, 2.75) is 75.4 Å². The zero-order chi connectivity index (χ0) is 35.3. The number of rotatable bonds is 12. The normalized spacial score (nSPS) is 13.0. The summed E-state index contributed by atoms with van der Waals surface area (Å²) in [5.74, 6) is -3.51. The topological polar surface area (TPSA) is 271 Å². The average Bonchev–Trinajstić information content (AvgIpc) is 2.93. The minimum absolute atomic E-state index is 0.156. The molecule has 14 nitrogen and oxygen atoms in total. The number of carboxylic acids is 4. The highest BCUT2D eigenvalue weighted by Gasteiger charge is 2.25. The van der Waals surface area contributed by atoms with Crippen molar-refractivity contribution in [3.63, 3.8) is 0 Å². The van der Waals surface area contributed by atoms with Gasteiger partial charge in [0.25, 0.3) is 0 Å². The Labute approximate surface area is 269 Å². The molecule has 0 aliphatic carbocycles. The molecule has 0 heterocycles. The third-order valence-electron chi connectivity index (χ3n) is 4.94. The molecule has 0 aromatic heterocycles. The molecule has 4 unspecified atom stereocenters. The number of aliphatic hydroxyl groups excluding tert-OH is 6. The van der Waals surface area contributed by atoms with Crippen LogP contribution < -0.4 is 0 Å². The van der Waals surface area contributed by atoms with Crippen LogP contribution >= 0.6 is 50.5 Å². The predicted octanol–water partition coefficient (Wildman–Crippen LogP) is 0.277. The van der Waals surface area contributed by atoms with Crippen LogP contribution in [0, 0.1) is 10.8 Å². The molecule has 0 radical (unpaired) electrons. The van der Waals surface area contributed by atoms with Crippen LogP contribution in [0.25, 0.3) is 0 Å². The van der Waals surface area contributed by atoms with Crippen molar-refractivity contribution in [2.24, 2.45) is 10.8 Å². The zero-order valence-electron chi connectivity index (χ0n) is 24.9. The van der Waals surface area contributed by atoms with E-state index >= 15 is 0 Å². The van der Waals surface area contributed by atoms with Crippen LogP contribution in [-0.4, -0.2) is 136 Å². The maximum atomic E-state index is 9.62. The first-order valence-electron chi connectivity index (χ1n) is 12.3. The van der Waals surface area contributed by atoms with Crippen LogP contribution in [0.1, 0.15) is 54.4 Å². The van der Waals surface area contributed by atoms with E-state index < -0.39 is 55.7 Å². The van der Waals surface area contributed by atoms with Gasteiger partial charge in [-0.1, -0.05) is 13.8 Å². The molecule has 0 aliphatic heterocycles. The average molecular weight is 693 g/mol. The molecule has 0 aromatic carbocycles. The van der Waals surface area contributed by atoms with Crippen LogP contribution in [-0.2, 0) is 19.2 Å². The second-order valence-corrected chi connectivity index (χ2v) is 11.8. The maximum Gasteiger partial charge on any atom is 0.316 e. The summed E-state index contributed by atoms with van der Waals surface area (Å²) in [6.07, 6.45) is 1.19. The predicted molar refractivity (Wildman–Crippen MR) is 172 cm³/mol. The van der Waals surface area contributed by atoms with Gasteiger partial charge in [-0.3, -0.25) is 19.2 Å². The van der Waals surface area contributed by atoms with Gasteiger partial charge in [-0.15, -0.1) is 0 Å². The van der Waals surface area contributed by atoms with Gasteiger partial charge in [0.2, 0.25) is 0 Å². The van der Waals surface area contributed by atoms with Crippen LogP contribution in [0.4, 0.5) is 0 Å². The van der Waals surface area contributed by atoms with Crippen molar-refractivity contribution >= 4 is 74.4 Å². The molecule has 10 N–H and O–H groups in total. The molecular weight excluding hydrogens is 641 g/mol. The number of aliphatic hydroxyl groups is 6. The van der Waals surface area contributed by atoms with Crippen molar-refractivity contribution in [2.75, 3.05) is 39.6 Å². The summed E-state index contributed by atoms with van der Waals surface area (Å²) >= 11 is 14.4. The number of thiol groups is 4. The highest BCUT2D eigenvalue weighted by molar-refractivity contribution is 7.82. The van der Waals surface area contributed by atoms with Crippen molar-refractivity contribution in [1.82, 2.24) is 0 Å². The van der Waals surface area contributed by atoms with E-state index in [-0.39, 0.29) is 39.6 Å². The van der Waals surface area contributed by atoms with Crippen molar-refractivity contribution in [3.8, 4) is 0 Å². The lowest BCUT2D eigenvalue weighted by atomic mass is 9.88. The molecule has 0 saturated heterocycles. The molecule has 0 saturated carbocycles. The van der Waals surface area contributed by atoms with Crippen LogP contribution in [0.3, 0.4) is 0 Å². The lowest BCUT2D eigenvalue weighted by Crippen LogP contribution is -2.32. The van der Waals surface area contributed by atoms with E-state index in [4.69, 9.17) is 51.1 Å². The fraction of sp³-hybridized carbons (Fsp3) is 0.833. The van der Waals surface area contributed by atoms with Crippen LogP contribution in [0.5, 0.6) is 0 Å². The molecule has 42 heavy (non-hydrogen) atoms. The van der Waals surface area contributed by atoms with Crippen LogP contribution in [0.15, 0.2) is 0 Å². The largest absolute Gasteiger partial charge is 0.480 e. The molecule has 0 spiro atoms. The molecule has 0 aromatic rings. The fourth-order valence-electron chi connectivity index (χ4n) is 0.971. The Morgan fingerprint density at radius 3 is 0.548 bits per heavy atom. The first-order chi connectivity index (χ1) is 19.1. The van der Waals surface area contributed by atoms with Crippen molar-refractivity contribution in [3.05, 3.63) is 0 Å². The zero-order valence-corrected chi connectivity index (χ0v) is 28.4. The fourth-order valence-corrected chi connectivity index (χ4v) is 0.971. The summed E-state index contributed by atoms with van der Waals surface area (Å²) in [5, 5.41) is 81.4. The van der Waals surface area contributed by atoms with E-state index in [0.717, 1.165) is 0 Å². The summed E-state index contributed by atoms with van der Waals surface area (Å²) in [6.45, 7) is 8.73. The molecular formula is C24H52O14S4. The number of carbonyl (C=O) groups is 4. The lowest BCUT2D eigenvalue weighted by molar-refractivity contribution is -0.137. The summed E-state index contributed by atoms with van der Waals surface area (Å²) < 4.78 is 0. The standard InChI is InChI=1S/2C6H14O3.4C3H6O2S/c2*1-2-6(3-7,4-8)5-9;4*1-2(6)3(4)5/h2*7-9H,2-5H2,1H3;4*2,6H,1H3,(H,4,5). The molecule has 0 fully saturated rings. The van der Waals surface area contributed by atoms with Crippen LogP contribution in [0.2, 0.25) is 0 Å². The van der Waals surface area contributed by atoms with Gasteiger partial charge in [-0.25, -0.2) is 0 Å². The Bertz CT molecular complexity index is 543. The smallest absolute Gasteiger partial charge is 0.316 e. The second kappa shape index (κ2) is 32.9. The van der Waals surface area contributed by atoms with Gasteiger partial charge in [0.1, 0.15) is 0 Å². The minimum Gasteiger partial charge on any atom is -0.480 e. The summed E-state index contributed by atoms with van der Waals surface area (Å²) in [7, 11) is 0. The van der Waals surface area contributed by atoms with E-state index in [1.165, 1.54) is 27.7 Å². The number of aliphatic carboxylic acids is 4. The van der Waals surface area contributed by atoms with Gasteiger partial charge in [0.15, 0.2) is 0 Å². The monoisotopic (exact) mass is 692 g/mol. The quantitative estimate of drug-likeness (QED) is 0.122. The van der Waals surface area contributed by atoms with E-state index in [9.17, 15) is 19.2 Å². The highest BCUT2D eigenvalue weighted by atomic mass is 32.1. The number of carboxylic acid groups (broad SMARTS) is 4. The summed E-state index contributed by atoms with van der Waals surface area (Å²) in [5.41, 5.74) is -1.33. The van der Waals surface area contributed by atoms with Gasteiger partial charge in [0, 0.05) is 10.8 Å². The number of hydrogen-bond acceptors (Lipinski definition) is 14. The summed E-state index contributed by atoms with van der Waals surface area (Å²) in [6, 6.07) is 0. The number of hydrogen-bond donors (Lipinski definition) is 14. The maximum absolute atomic E-state index is 9.62. The molecule has 0 bridgehead atoms. The van der Waals surface area contributed by atoms with E-state index in [1.54, 1.807) is 0 Å².